The van der Waals surface area contributed by atoms with Gasteiger partial charge in [0.2, 0.25) is 11.9 Å². The highest BCUT2D eigenvalue weighted by molar-refractivity contribution is 6.30. The summed E-state index contributed by atoms with van der Waals surface area (Å²) in [4.78, 5) is 23.3. The molecule has 0 saturated heterocycles. The van der Waals surface area contributed by atoms with Crippen molar-refractivity contribution in [3.05, 3.63) is 95.0 Å². The van der Waals surface area contributed by atoms with Crippen molar-refractivity contribution in [1.29, 1.82) is 0 Å². The van der Waals surface area contributed by atoms with Gasteiger partial charge in [-0.25, -0.2) is 5.84 Å². The van der Waals surface area contributed by atoms with E-state index in [4.69, 9.17) is 33.1 Å². The lowest BCUT2D eigenvalue weighted by Crippen LogP contribution is -2.53. The summed E-state index contributed by atoms with van der Waals surface area (Å²) in [6.07, 6.45) is 0.247. The van der Waals surface area contributed by atoms with E-state index < -0.39 is 17.9 Å². The molecule has 8 N–H and O–H groups in total. The lowest BCUT2D eigenvalue weighted by molar-refractivity contribution is -0.136. The first-order valence-corrected chi connectivity index (χ1v) is 12.6. The molecule has 1 atom stereocenters. The van der Waals surface area contributed by atoms with Crippen molar-refractivity contribution in [2.45, 2.75) is 32.9 Å². The quantitative estimate of drug-likeness (QED) is 0.101. The van der Waals surface area contributed by atoms with Crippen LogP contribution in [0.3, 0.4) is 0 Å². The Hall–Kier alpha value is -3.96. The number of ether oxygens (including phenoxy) is 1. The second-order valence-electron chi connectivity index (χ2n) is 7.77. The number of hydrogen-bond donors (Lipinski definition) is 6. The summed E-state index contributed by atoms with van der Waals surface area (Å²) in [5.74, 6) is 8.54. The van der Waals surface area contributed by atoms with E-state index in [-0.39, 0.29) is 18.9 Å². The van der Waals surface area contributed by atoms with E-state index in [1.54, 1.807) is 13.2 Å². The molecule has 0 spiro atoms. The maximum Gasteiger partial charge on any atom is 0.317 e. The van der Waals surface area contributed by atoms with Crippen LogP contribution in [-0.4, -0.2) is 42.6 Å². The number of nitrogens with one attached hydrogen (secondary N) is 3. The summed E-state index contributed by atoms with van der Waals surface area (Å²) >= 11 is 6.02. The molecule has 0 bridgehead atoms. The van der Waals surface area contributed by atoms with Crippen LogP contribution < -0.4 is 27.7 Å². The summed E-state index contributed by atoms with van der Waals surface area (Å²) < 4.78 is 4.93. The number of carboxylic acids is 1. The number of hydrogen-bond acceptors (Lipinski definition) is 7. The number of rotatable bonds is 9. The third kappa shape index (κ3) is 12.9. The molecule has 1 amide bonds. The molecule has 0 heterocycles. The van der Waals surface area contributed by atoms with Crippen LogP contribution in [0.25, 0.3) is 11.1 Å². The molecular weight excluding hydrogens is 520 g/mol. The van der Waals surface area contributed by atoms with E-state index in [0.717, 1.165) is 16.7 Å². The lowest BCUT2D eigenvalue weighted by Gasteiger charge is -2.18. The number of halogens is 1. The summed E-state index contributed by atoms with van der Waals surface area (Å²) in [6, 6.07) is 24.3. The Kier molecular flexibility index (Phi) is 16.2. The number of nitrogens with two attached hydrogens (primary N) is 2. The molecule has 0 radical (unpaired) electrons. The van der Waals surface area contributed by atoms with E-state index in [1.807, 2.05) is 86.6 Å². The van der Waals surface area contributed by atoms with Gasteiger partial charge in [0.05, 0.1) is 19.2 Å². The van der Waals surface area contributed by atoms with Gasteiger partial charge >= 0.3 is 5.97 Å². The molecule has 0 aliphatic rings. The Morgan fingerprint density at radius 3 is 2.18 bits per heavy atom. The third-order valence-corrected chi connectivity index (χ3v) is 5.26. The average Bonchev–Trinajstić information content (AvgIpc) is 2.96. The first-order valence-electron chi connectivity index (χ1n) is 12.2. The number of nitrogens with zero attached hydrogens (tertiary/aromatic N) is 1. The molecule has 0 aliphatic heterocycles. The molecule has 11 heteroatoms. The Balaban J connectivity index is 0.000000578. The van der Waals surface area contributed by atoms with Crippen molar-refractivity contribution in [3.8, 4) is 11.1 Å². The Morgan fingerprint density at radius 1 is 0.974 bits per heavy atom. The van der Waals surface area contributed by atoms with Crippen molar-refractivity contribution >= 4 is 29.4 Å². The van der Waals surface area contributed by atoms with Gasteiger partial charge < -0.3 is 15.7 Å². The number of carboxylic acid groups (broad SMARTS) is 1. The molecule has 10 nitrogen and oxygen atoms in total. The highest BCUT2D eigenvalue weighted by Gasteiger charge is 2.21. The Labute approximate surface area is 234 Å². The molecule has 39 heavy (non-hydrogen) atoms. The van der Waals surface area contributed by atoms with E-state index >= 15 is 0 Å². The molecule has 0 unspecified atom stereocenters. The molecular formula is C28H37ClN6O4. The highest BCUT2D eigenvalue weighted by Crippen LogP contribution is 2.23. The normalized spacial score (nSPS) is 11.2. The van der Waals surface area contributed by atoms with Crippen molar-refractivity contribution in [3.63, 3.8) is 0 Å². The fourth-order valence-electron chi connectivity index (χ4n) is 3.26. The smallest absolute Gasteiger partial charge is 0.317 e. The van der Waals surface area contributed by atoms with Gasteiger partial charge in [0, 0.05) is 12.1 Å². The number of benzene rings is 3. The number of hydrazine groups is 1. The topological polar surface area (TPSA) is 164 Å². The zero-order valence-corrected chi connectivity index (χ0v) is 23.1. The SMILES string of the molecule is CC.COCc1ccccc1.N/N=C(\NN)NC(=O)[C@H](Cc1ccc(-c2cccc(Cl)c2)cc1)NCC(=O)O. The van der Waals surface area contributed by atoms with Crippen molar-refractivity contribution in [2.24, 2.45) is 16.8 Å². The van der Waals surface area contributed by atoms with Gasteiger partial charge in [-0.1, -0.05) is 92.2 Å². The first kappa shape index (κ1) is 33.1. The fraction of sp³-hybridized carbons (Fsp3) is 0.250. The molecule has 0 fully saturated rings. The van der Waals surface area contributed by atoms with Gasteiger partial charge in [-0.2, -0.15) is 0 Å². The second-order valence-corrected chi connectivity index (χ2v) is 8.20. The van der Waals surface area contributed by atoms with E-state index in [1.165, 1.54) is 5.56 Å². The van der Waals surface area contributed by atoms with Gasteiger partial charge in [0.1, 0.15) is 0 Å². The van der Waals surface area contributed by atoms with Crippen LogP contribution in [0.1, 0.15) is 25.0 Å². The highest BCUT2D eigenvalue weighted by atomic mass is 35.5. The summed E-state index contributed by atoms with van der Waals surface area (Å²) in [6.45, 7) is 4.32. The fourth-order valence-corrected chi connectivity index (χ4v) is 3.45. The van der Waals surface area contributed by atoms with Crippen LogP contribution in [0.2, 0.25) is 5.02 Å². The maximum atomic E-state index is 12.4. The summed E-state index contributed by atoms with van der Waals surface area (Å²) in [5.41, 5.74) is 6.12. The minimum atomic E-state index is -1.08. The number of aliphatic carboxylic acids is 1. The minimum Gasteiger partial charge on any atom is -0.480 e. The predicted octanol–water partition coefficient (Wildman–Crippen LogP) is 3.26. The van der Waals surface area contributed by atoms with Crippen LogP contribution in [0.4, 0.5) is 0 Å². The second kappa shape index (κ2) is 19.2. The third-order valence-electron chi connectivity index (χ3n) is 5.03. The number of amides is 1. The largest absolute Gasteiger partial charge is 0.480 e. The molecule has 3 aromatic rings. The molecule has 0 aliphatic carbocycles. The predicted molar refractivity (Wildman–Crippen MR) is 156 cm³/mol. The number of hydrazone groups is 1. The van der Waals surface area contributed by atoms with Crippen LogP contribution in [-0.2, 0) is 27.4 Å². The van der Waals surface area contributed by atoms with Gasteiger partial charge in [-0.05, 0) is 40.8 Å². The van der Waals surface area contributed by atoms with Crippen molar-refractivity contribution < 1.29 is 19.4 Å². The van der Waals surface area contributed by atoms with E-state index in [0.29, 0.717) is 11.6 Å². The van der Waals surface area contributed by atoms with Gasteiger partial charge in [-0.15, -0.1) is 5.10 Å². The number of carbonyl (C=O) groups excluding carboxylic acids is 1. The zero-order chi connectivity index (χ0) is 29.0. The number of carbonyl (C=O) groups is 2. The molecule has 3 rings (SSSR count). The van der Waals surface area contributed by atoms with E-state index in [2.05, 4.69) is 21.2 Å². The Morgan fingerprint density at radius 2 is 1.64 bits per heavy atom. The first-order chi connectivity index (χ1) is 18.9. The minimum absolute atomic E-state index is 0.136. The lowest BCUT2D eigenvalue weighted by atomic mass is 10.0. The summed E-state index contributed by atoms with van der Waals surface area (Å²) in [5, 5.41) is 17.9. The van der Waals surface area contributed by atoms with Gasteiger partial charge in [0.15, 0.2) is 0 Å². The van der Waals surface area contributed by atoms with Gasteiger partial charge in [0.25, 0.3) is 0 Å². The van der Waals surface area contributed by atoms with Crippen molar-refractivity contribution in [1.82, 2.24) is 16.1 Å². The monoisotopic (exact) mass is 556 g/mol. The molecule has 3 aromatic carbocycles. The standard InChI is InChI=1S/C18H21ClN6O3.C8H10O.C2H6/c19-14-3-1-2-13(9-14)12-6-4-11(5-7-12)8-15(22-10-16(26)27)17(28)23-18(24-20)25-21;1-9-7-8-5-3-2-4-6-8;1-2/h1-7,9,15,22H,8,10,20-21H2,(H,26,27)(H2,23,24,25,28);2-6H,7H2,1H3;1-2H3/t15-;;/m0../s1. The molecule has 0 aromatic heterocycles. The number of guanidine groups is 1. The molecule has 210 valence electrons. The van der Waals surface area contributed by atoms with Crippen LogP contribution in [0.15, 0.2) is 84.0 Å². The zero-order valence-electron chi connectivity index (χ0n) is 22.4. The molecule has 0 saturated carbocycles. The van der Waals surface area contributed by atoms with Crippen LogP contribution in [0, 0.1) is 0 Å². The Bertz CT molecular complexity index is 1160. The summed E-state index contributed by atoms with van der Waals surface area (Å²) in [7, 11) is 1.70. The number of methoxy groups -OCH3 is 1. The van der Waals surface area contributed by atoms with Crippen molar-refractivity contribution in [2.75, 3.05) is 13.7 Å². The van der Waals surface area contributed by atoms with Crippen LogP contribution in [0.5, 0.6) is 0 Å². The van der Waals surface area contributed by atoms with Crippen LogP contribution >= 0.6 is 11.6 Å². The van der Waals surface area contributed by atoms with Gasteiger partial charge in [-0.3, -0.25) is 25.6 Å². The average molecular weight is 557 g/mol. The van der Waals surface area contributed by atoms with E-state index in [9.17, 15) is 9.59 Å². The maximum absolute atomic E-state index is 12.4.